The van der Waals surface area contributed by atoms with Gasteiger partial charge >= 0.3 is 0 Å². The van der Waals surface area contributed by atoms with Crippen LogP contribution in [0.25, 0.3) is 11.0 Å². The van der Waals surface area contributed by atoms with Crippen LogP contribution in [0.5, 0.6) is 0 Å². The lowest BCUT2D eigenvalue weighted by Gasteiger charge is -2.33. The zero-order chi connectivity index (χ0) is 18.1. The van der Waals surface area contributed by atoms with Gasteiger partial charge in [0.15, 0.2) is 5.82 Å². The Kier molecular flexibility index (Phi) is 4.26. The predicted octanol–water partition coefficient (Wildman–Crippen LogP) is 2.28. The third-order valence-electron chi connectivity index (χ3n) is 4.58. The zero-order valence-electron chi connectivity index (χ0n) is 14.1. The van der Waals surface area contributed by atoms with E-state index in [1.807, 2.05) is 4.90 Å². The zero-order valence-corrected chi connectivity index (χ0v) is 14.1. The van der Waals surface area contributed by atoms with Crippen LogP contribution in [0.4, 0.5) is 15.8 Å². The second-order valence-corrected chi connectivity index (χ2v) is 6.42. The lowest BCUT2D eigenvalue weighted by molar-refractivity contribution is 0.102. The number of carbonyl (C=O) groups is 1. The van der Waals surface area contributed by atoms with Gasteiger partial charge in [-0.05, 0) is 25.0 Å². The summed E-state index contributed by atoms with van der Waals surface area (Å²) >= 11 is 0. The average Bonchev–Trinajstić information content (AvgIpc) is 3.05. The maximum atomic E-state index is 14.7. The molecular weight excluding hydrogens is 335 g/mol. The molecule has 0 radical (unpaired) electrons. The maximum Gasteiger partial charge on any atom is 0.257 e. The Hall–Kier alpha value is -3.00. The largest absolute Gasteiger partial charge is 0.367 e. The number of anilines is 2. The summed E-state index contributed by atoms with van der Waals surface area (Å²) in [5.74, 6) is -0.743. The predicted molar refractivity (Wildman–Crippen MR) is 97.7 cm³/mol. The molecule has 1 aliphatic heterocycles. The normalized spacial score (nSPS) is 17.5. The number of halogens is 1. The number of aromatic amines is 1. The summed E-state index contributed by atoms with van der Waals surface area (Å²) in [6, 6.07) is 3.35. The SMILES string of the molecule is NC1CCCN(c2c(F)cnc3[nH]cc(NC(=O)c4cccnc4)c23)C1. The molecule has 1 amide bonds. The molecular formula is C18H19FN6O. The van der Waals surface area contributed by atoms with Gasteiger partial charge in [-0.3, -0.25) is 9.78 Å². The van der Waals surface area contributed by atoms with Crippen molar-refractivity contribution in [2.24, 2.45) is 5.73 Å². The van der Waals surface area contributed by atoms with E-state index in [4.69, 9.17) is 5.73 Å². The van der Waals surface area contributed by atoms with Crippen LogP contribution in [0.1, 0.15) is 23.2 Å². The molecule has 4 heterocycles. The Morgan fingerprint density at radius 2 is 2.31 bits per heavy atom. The highest BCUT2D eigenvalue weighted by Gasteiger charge is 2.24. The van der Waals surface area contributed by atoms with Crippen molar-refractivity contribution in [3.05, 3.63) is 48.3 Å². The van der Waals surface area contributed by atoms with Crippen LogP contribution in [-0.2, 0) is 0 Å². The van der Waals surface area contributed by atoms with E-state index in [2.05, 4.69) is 20.3 Å². The standard InChI is InChI=1S/C18H19FN6O/c19-13-8-22-17-15(16(13)25-6-2-4-12(20)10-25)14(9-23-17)24-18(26)11-3-1-5-21-7-11/h1,3,5,7-9,12H,2,4,6,10,20H2,(H,22,23)(H,24,26). The van der Waals surface area contributed by atoms with E-state index in [-0.39, 0.29) is 11.9 Å². The number of hydrogen-bond donors (Lipinski definition) is 3. The lowest BCUT2D eigenvalue weighted by Crippen LogP contribution is -2.43. The summed E-state index contributed by atoms with van der Waals surface area (Å²) in [5, 5.41) is 3.38. The van der Waals surface area contributed by atoms with Gasteiger partial charge < -0.3 is 20.9 Å². The second-order valence-electron chi connectivity index (χ2n) is 6.42. The molecule has 0 spiro atoms. The summed E-state index contributed by atoms with van der Waals surface area (Å²) < 4.78 is 14.7. The molecule has 0 aliphatic carbocycles. The number of fused-ring (bicyclic) bond motifs is 1. The van der Waals surface area contributed by atoms with Crippen LogP contribution in [0.15, 0.2) is 36.9 Å². The van der Waals surface area contributed by atoms with Crippen LogP contribution in [-0.4, -0.2) is 40.0 Å². The molecule has 1 saturated heterocycles. The number of nitrogens with two attached hydrogens (primary N) is 1. The van der Waals surface area contributed by atoms with Gasteiger partial charge in [0.25, 0.3) is 5.91 Å². The van der Waals surface area contributed by atoms with Crippen molar-refractivity contribution < 1.29 is 9.18 Å². The molecule has 26 heavy (non-hydrogen) atoms. The fraction of sp³-hybridized carbons (Fsp3) is 0.278. The number of carbonyl (C=O) groups excluding carboxylic acids is 1. The van der Waals surface area contributed by atoms with Gasteiger partial charge in [0.05, 0.1) is 28.5 Å². The van der Waals surface area contributed by atoms with Crippen LogP contribution < -0.4 is 16.0 Å². The topological polar surface area (TPSA) is 99.9 Å². The number of piperidine rings is 1. The molecule has 4 rings (SSSR count). The van der Waals surface area contributed by atoms with Gasteiger partial charge in [-0.1, -0.05) is 0 Å². The van der Waals surface area contributed by atoms with Gasteiger partial charge in [0.2, 0.25) is 0 Å². The lowest BCUT2D eigenvalue weighted by atomic mass is 10.1. The van der Waals surface area contributed by atoms with E-state index in [9.17, 15) is 9.18 Å². The highest BCUT2D eigenvalue weighted by atomic mass is 19.1. The molecule has 134 valence electrons. The number of rotatable bonds is 3. The minimum atomic E-state index is -0.428. The van der Waals surface area contributed by atoms with E-state index < -0.39 is 5.82 Å². The number of hydrogen-bond acceptors (Lipinski definition) is 5. The second kappa shape index (κ2) is 6.72. The van der Waals surface area contributed by atoms with E-state index in [1.165, 1.54) is 12.4 Å². The fourth-order valence-electron chi connectivity index (χ4n) is 3.37. The number of nitrogens with one attached hydrogen (secondary N) is 2. The van der Waals surface area contributed by atoms with Crippen molar-refractivity contribution in [2.75, 3.05) is 23.3 Å². The Morgan fingerprint density at radius 3 is 3.08 bits per heavy atom. The van der Waals surface area contributed by atoms with E-state index in [0.29, 0.717) is 41.1 Å². The average molecular weight is 354 g/mol. The first-order chi connectivity index (χ1) is 12.6. The number of amides is 1. The Bertz CT molecular complexity index is 942. The maximum absolute atomic E-state index is 14.7. The number of nitrogens with zero attached hydrogens (tertiary/aromatic N) is 3. The molecule has 0 aromatic carbocycles. The van der Waals surface area contributed by atoms with Crippen molar-refractivity contribution in [1.29, 1.82) is 0 Å². The first-order valence-corrected chi connectivity index (χ1v) is 8.51. The van der Waals surface area contributed by atoms with Gasteiger partial charge in [-0.2, -0.15) is 0 Å². The van der Waals surface area contributed by atoms with Crippen molar-refractivity contribution >= 4 is 28.3 Å². The van der Waals surface area contributed by atoms with E-state index >= 15 is 0 Å². The van der Waals surface area contributed by atoms with Crippen LogP contribution >= 0.6 is 0 Å². The molecule has 1 aliphatic rings. The van der Waals surface area contributed by atoms with E-state index in [1.54, 1.807) is 24.5 Å². The third kappa shape index (κ3) is 2.99. The highest BCUT2D eigenvalue weighted by Crippen LogP contribution is 2.35. The van der Waals surface area contributed by atoms with Gasteiger partial charge in [0, 0.05) is 37.7 Å². The fourth-order valence-corrected chi connectivity index (χ4v) is 3.37. The Morgan fingerprint density at radius 1 is 1.42 bits per heavy atom. The monoisotopic (exact) mass is 354 g/mol. The van der Waals surface area contributed by atoms with Crippen molar-refractivity contribution in [2.45, 2.75) is 18.9 Å². The molecule has 1 unspecified atom stereocenters. The molecule has 1 atom stereocenters. The summed E-state index contributed by atoms with van der Waals surface area (Å²) in [7, 11) is 0. The van der Waals surface area contributed by atoms with Crippen molar-refractivity contribution in [3.63, 3.8) is 0 Å². The summed E-state index contributed by atoms with van der Waals surface area (Å²) in [5.41, 5.74) is 7.91. The molecule has 0 bridgehead atoms. The first kappa shape index (κ1) is 16.5. The summed E-state index contributed by atoms with van der Waals surface area (Å²) in [4.78, 5) is 25.4. The molecule has 1 fully saturated rings. The van der Waals surface area contributed by atoms with E-state index in [0.717, 1.165) is 12.8 Å². The molecule has 0 saturated carbocycles. The summed E-state index contributed by atoms with van der Waals surface area (Å²) in [6.45, 7) is 1.28. The number of H-pyrrole nitrogens is 1. The number of pyridine rings is 2. The van der Waals surface area contributed by atoms with Crippen LogP contribution in [0.2, 0.25) is 0 Å². The summed E-state index contributed by atoms with van der Waals surface area (Å²) in [6.07, 6.45) is 7.71. The molecule has 4 N–H and O–H groups in total. The van der Waals surface area contributed by atoms with Gasteiger partial charge in [-0.15, -0.1) is 0 Å². The number of aromatic nitrogens is 3. The Labute approximate surface area is 149 Å². The molecule has 3 aromatic heterocycles. The molecule has 3 aromatic rings. The van der Waals surface area contributed by atoms with Crippen LogP contribution in [0, 0.1) is 5.82 Å². The highest BCUT2D eigenvalue weighted by molar-refractivity contribution is 6.11. The Balaban J connectivity index is 1.74. The molecule has 8 heteroatoms. The minimum absolute atomic E-state index is 0.00117. The van der Waals surface area contributed by atoms with Gasteiger partial charge in [-0.25, -0.2) is 9.37 Å². The van der Waals surface area contributed by atoms with Gasteiger partial charge in [0.1, 0.15) is 5.65 Å². The first-order valence-electron chi connectivity index (χ1n) is 8.51. The quantitative estimate of drug-likeness (QED) is 0.670. The van der Waals surface area contributed by atoms with Crippen molar-refractivity contribution in [1.82, 2.24) is 15.0 Å². The van der Waals surface area contributed by atoms with Crippen molar-refractivity contribution in [3.8, 4) is 0 Å². The third-order valence-corrected chi connectivity index (χ3v) is 4.58. The molecule has 7 nitrogen and oxygen atoms in total. The minimum Gasteiger partial charge on any atom is -0.367 e. The smallest absolute Gasteiger partial charge is 0.257 e. The van der Waals surface area contributed by atoms with Crippen LogP contribution in [0.3, 0.4) is 0 Å².